The zero-order chi connectivity index (χ0) is 16.9. The third-order valence-electron chi connectivity index (χ3n) is 4.78. The summed E-state index contributed by atoms with van der Waals surface area (Å²) < 4.78 is 0. The van der Waals surface area contributed by atoms with Crippen molar-refractivity contribution in [2.45, 2.75) is 64.3 Å². The second-order valence-corrected chi connectivity index (χ2v) is 6.80. The van der Waals surface area contributed by atoms with Crippen molar-refractivity contribution in [2.24, 2.45) is 0 Å². The van der Waals surface area contributed by atoms with Crippen molar-refractivity contribution in [1.82, 2.24) is 0 Å². The van der Waals surface area contributed by atoms with Crippen LogP contribution in [0.3, 0.4) is 0 Å². The van der Waals surface area contributed by atoms with Gasteiger partial charge in [0.1, 0.15) is 6.04 Å². The highest BCUT2D eigenvalue weighted by Gasteiger charge is 2.16. The summed E-state index contributed by atoms with van der Waals surface area (Å²) in [5.41, 5.74) is 2.81. The fourth-order valence-corrected chi connectivity index (χ4v) is 3.35. The van der Waals surface area contributed by atoms with E-state index in [1.54, 1.807) is 0 Å². The van der Waals surface area contributed by atoms with Crippen LogP contribution in [0.25, 0.3) is 0 Å². The van der Waals surface area contributed by atoms with E-state index in [2.05, 4.69) is 72.9 Å². The molecule has 2 heteroatoms. The fraction of sp³-hybridized carbons (Fsp3) is 0.478. The highest BCUT2D eigenvalue weighted by Crippen LogP contribution is 2.17. The summed E-state index contributed by atoms with van der Waals surface area (Å²) in [5, 5.41) is 2.52. The lowest BCUT2D eigenvalue weighted by molar-refractivity contribution is -0.687. The molecule has 0 saturated heterocycles. The molecular weight excluding hydrogens is 326 g/mol. The van der Waals surface area contributed by atoms with Gasteiger partial charge in [-0.3, -0.25) is 0 Å². The Bertz CT molecular complexity index is 487. The first kappa shape index (κ1) is 21.7. The normalized spacial score (nSPS) is 10.6. The number of nitrogens with two attached hydrogens (primary N) is 1. The average molecular weight is 360 g/mol. The van der Waals surface area contributed by atoms with Crippen LogP contribution in [0.5, 0.6) is 0 Å². The smallest absolute Gasteiger partial charge is 0.137 e. The molecule has 0 saturated carbocycles. The number of rotatable bonds is 12. The van der Waals surface area contributed by atoms with E-state index in [0.29, 0.717) is 6.04 Å². The Balaban J connectivity index is 0.00000312. The molecule has 138 valence electrons. The average Bonchev–Trinajstić information content (AvgIpc) is 2.65. The van der Waals surface area contributed by atoms with Crippen molar-refractivity contribution >= 4 is 0 Å². The molecule has 0 unspecified atom stereocenters. The standard InChI is InChI=1S/C23H33N.ClH/c1-2-3-4-5-6-7-8-15-20-24-23(21-16-11-9-12-17-21)22-18-13-10-14-19-22;/h9-14,16-19,23-24H,2-8,15,20H2,1H3;1H. The van der Waals surface area contributed by atoms with Gasteiger partial charge in [0.25, 0.3) is 0 Å². The molecule has 0 aliphatic heterocycles. The molecule has 2 aromatic rings. The second-order valence-electron chi connectivity index (χ2n) is 6.80. The molecule has 0 atom stereocenters. The molecule has 0 aliphatic rings. The molecular formula is C23H34ClN. The van der Waals surface area contributed by atoms with Crippen molar-refractivity contribution in [2.75, 3.05) is 6.54 Å². The molecule has 0 fully saturated rings. The van der Waals surface area contributed by atoms with Crippen molar-refractivity contribution in [3.05, 3.63) is 71.8 Å². The van der Waals surface area contributed by atoms with E-state index in [1.807, 2.05) is 0 Å². The fourth-order valence-electron chi connectivity index (χ4n) is 3.35. The summed E-state index contributed by atoms with van der Waals surface area (Å²) in [5.74, 6) is 0. The lowest BCUT2D eigenvalue weighted by atomic mass is 9.98. The van der Waals surface area contributed by atoms with E-state index < -0.39 is 0 Å². The summed E-state index contributed by atoms with van der Waals surface area (Å²) in [4.78, 5) is 0. The van der Waals surface area contributed by atoms with Crippen LogP contribution in [0.4, 0.5) is 0 Å². The minimum absolute atomic E-state index is 0. The summed E-state index contributed by atoms with van der Waals surface area (Å²) in [6.07, 6.45) is 11.1. The molecule has 0 radical (unpaired) electrons. The molecule has 2 rings (SSSR count). The Labute approximate surface area is 160 Å². The first-order valence-corrected chi connectivity index (χ1v) is 9.85. The quantitative estimate of drug-likeness (QED) is 0.561. The molecule has 0 spiro atoms. The monoisotopic (exact) mass is 359 g/mol. The van der Waals surface area contributed by atoms with Gasteiger partial charge in [0.2, 0.25) is 0 Å². The van der Waals surface area contributed by atoms with Crippen LogP contribution >= 0.6 is 0 Å². The van der Waals surface area contributed by atoms with Gasteiger partial charge in [0, 0.05) is 11.1 Å². The van der Waals surface area contributed by atoms with Crippen LogP contribution in [0, 0.1) is 0 Å². The molecule has 2 aromatic carbocycles. The SMILES string of the molecule is CCCCCCCCCC[NH2+]C(c1ccccc1)c1ccccc1.[Cl-]. The van der Waals surface area contributed by atoms with Crippen molar-refractivity contribution in [3.63, 3.8) is 0 Å². The highest BCUT2D eigenvalue weighted by atomic mass is 35.5. The van der Waals surface area contributed by atoms with Crippen LogP contribution in [-0.4, -0.2) is 6.54 Å². The predicted molar refractivity (Wildman–Crippen MR) is 104 cm³/mol. The summed E-state index contributed by atoms with van der Waals surface area (Å²) in [6.45, 7) is 3.50. The molecule has 1 nitrogen and oxygen atoms in total. The number of unbranched alkanes of at least 4 members (excludes halogenated alkanes) is 7. The van der Waals surface area contributed by atoms with Crippen molar-refractivity contribution in [1.29, 1.82) is 0 Å². The molecule has 2 N–H and O–H groups in total. The highest BCUT2D eigenvalue weighted by molar-refractivity contribution is 5.28. The topological polar surface area (TPSA) is 16.6 Å². The molecule has 0 bridgehead atoms. The van der Waals surface area contributed by atoms with Gasteiger partial charge in [0.15, 0.2) is 0 Å². The maximum Gasteiger partial charge on any atom is 0.137 e. The van der Waals surface area contributed by atoms with E-state index in [-0.39, 0.29) is 12.4 Å². The molecule has 0 heterocycles. The van der Waals surface area contributed by atoms with Crippen LogP contribution in [0.2, 0.25) is 0 Å². The molecule has 25 heavy (non-hydrogen) atoms. The van der Waals surface area contributed by atoms with Crippen molar-refractivity contribution < 1.29 is 17.7 Å². The van der Waals surface area contributed by atoms with Gasteiger partial charge in [-0.2, -0.15) is 0 Å². The van der Waals surface area contributed by atoms with Crippen LogP contribution in [-0.2, 0) is 0 Å². The minimum atomic E-state index is 0. The summed E-state index contributed by atoms with van der Waals surface area (Å²) >= 11 is 0. The number of halogens is 1. The molecule has 0 aliphatic carbocycles. The van der Waals surface area contributed by atoms with Crippen molar-refractivity contribution in [3.8, 4) is 0 Å². The predicted octanol–water partition coefficient (Wildman–Crippen LogP) is 2.48. The molecule has 0 aromatic heterocycles. The number of quaternary nitrogens is 1. The Morgan fingerprint density at radius 2 is 1.08 bits per heavy atom. The third kappa shape index (κ3) is 8.56. The zero-order valence-electron chi connectivity index (χ0n) is 15.7. The molecule has 0 amide bonds. The largest absolute Gasteiger partial charge is 1.00 e. The van der Waals surface area contributed by atoms with Gasteiger partial charge in [0.05, 0.1) is 6.54 Å². The van der Waals surface area contributed by atoms with Gasteiger partial charge >= 0.3 is 0 Å². The second kappa shape index (κ2) is 13.9. The lowest BCUT2D eigenvalue weighted by Crippen LogP contribution is -3.00. The van der Waals surface area contributed by atoms with Gasteiger partial charge in [-0.15, -0.1) is 0 Å². The summed E-state index contributed by atoms with van der Waals surface area (Å²) in [7, 11) is 0. The van der Waals surface area contributed by atoms with Crippen LogP contribution in [0.1, 0.15) is 75.5 Å². The number of hydrogen-bond donors (Lipinski definition) is 1. The number of benzene rings is 2. The maximum absolute atomic E-state index is 2.52. The lowest BCUT2D eigenvalue weighted by Gasteiger charge is -2.16. The van der Waals surface area contributed by atoms with E-state index in [1.165, 1.54) is 69.0 Å². The van der Waals surface area contributed by atoms with Gasteiger partial charge in [-0.1, -0.05) is 106 Å². The van der Waals surface area contributed by atoms with Gasteiger partial charge in [-0.25, -0.2) is 0 Å². The Hall–Kier alpha value is -1.31. The third-order valence-corrected chi connectivity index (χ3v) is 4.78. The van der Waals surface area contributed by atoms with Gasteiger partial charge < -0.3 is 17.7 Å². The first-order valence-electron chi connectivity index (χ1n) is 9.85. The summed E-state index contributed by atoms with van der Waals surface area (Å²) in [6, 6.07) is 22.2. The van der Waals surface area contributed by atoms with E-state index in [9.17, 15) is 0 Å². The Morgan fingerprint density at radius 1 is 0.640 bits per heavy atom. The van der Waals surface area contributed by atoms with Crippen LogP contribution in [0.15, 0.2) is 60.7 Å². The first-order chi connectivity index (χ1) is 11.9. The Kier molecular flexibility index (Phi) is 12.1. The zero-order valence-corrected chi connectivity index (χ0v) is 16.4. The van der Waals surface area contributed by atoms with E-state index in [0.717, 1.165) is 0 Å². The number of hydrogen-bond acceptors (Lipinski definition) is 0. The maximum atomic E-state index is 2.52. The van der Waals surface area contributed by atoms with Crippen LogP contribution < -0.4 is 17.7 Å². The van der Waals surface area contributed by atoms with Gasteiger partial charge in [-0.05, 0) is 12.8 Å². The van der Waals surface area contributed by atoms with E-state index in [4.69, 9.17) is 0 Å². The Morgan fingerprint density at radius 3 is 1.56 bits per heavy atom. The minimum Gasteiger partial charge on any atom is -1.00 e. The van der Waals surface area contributed by atoms with E-state index >= 15 is 0 Å².